The molecule has 126 valence electrons. The average Bonchev–Trinajstić information content (AvgIpc) is 2.59. The molecule has 0 spiro atoms. The lowest BCUT2D eigenvalue weighted by molar-refractivity contribution is -0.127. The smallest absolute Gasteiger partial charge is 0.242 e. The molecule has 2 rings (SSSR count). The topological polar surface area (TPSA) is 58.2 Å². The third kappa shape index (κ3) is 5.23. The predicted molar refractivity (Wildman–Crippen MR) is 95.6 cm³/mol. The van der Waals surface area contributed by atoms with Crippen molar-refractivity contribution in [1.29, 1.82) is 0 Å². The van der Waals surface area contributed by atoms with Crippen molar-refractivity contribution in [1.82, 2.24) is 10.6 Å². The van der Waals surface area contributed by atoms with Crippen molar-refractivity contribution in [3.05, 3.63) is 71.8 Å². The predicted octanol–water partition coefficient (Wildman–Crippen LogP) is 2.85. The van der Waals surface area contributed by atoms with E-state index in [0.717, 1.165) is 6.42 Å². The van der Waals surface area contributed by atoms with Crippen molar-refractivity contribution in [3.63, 3.8) is 0 Å². The minimum atomic E-state index is -0.519. The van der Waals surface area contributed by atoms with Crippen molar-refractivity contribution in [2.45, 2.75) is 32.2 Å². The molecule has 0 radical (unpaired) electrons. The summed E-state index contributed by atoms with van der Waals surface area (Å²) in [6, 6.07) is 20.0. The van der Waals surface area contributed by atoms with E-state index < -0.39 is 6.04 Å². The maximum atomic E-state index is 12.0. The highest BCUT2D eigenvalue weighted by atomic mass is 16.2. The number of nitrogens with one attached hydrogen (secondary N) is 2. The quantitative estimate of drug-likeness (QED) is 0.823. The standard InChI is InChI=1S/C20H24N2O2/c1-15(22-16(2)23)20(24)21-14-13-19(17-9-5-3-6-10-17)18-11-7-4-8-12-18/h3-12,15,19H,13-14H2,1-2H3,(H,21,24)(H,22,23)/t15-/m0/s1. The molecule has 0 saturated carbocycles. The molecular weight excluding hydrogens is 300 g/mol. The second-order valence-electron chi connectivity index (χ2n) is 5.88. The summed E-state index contributed by atoms with van der Waals surface area (Å²) in [5.41, 5.74) is 2.46. The molecule has 4 heteroatoms. The van der Waals surface area contributed by atoms with Gasteiger partial charge in [-0.3, -0.25) is 9.59 Å². The molecule has 0 fully saturated rings. The highest BCUT2D eigenvalue weighted by Gasteiger charge is 2.16. The van der Waals surface area contributed by atoms with Crippen LogP contribution in [0, 0.1) is 0 Å². The van der Waals surface area contributed by atoms with Gasteiger partial charge in [-0.25, -0.2) is 0 Å². The molecule has 0 aliphatic heterocycles. The molecule has 0 aliphatic rings. The van der Waals surface area contributed by atoms with Gasteiger partial charge in [0.1, 0.15) is 6.04 Å². The maximum Gasteiger partial charge on any atom is 0.242 e. The molecule has 1 atom stereocenters. The molecule has 2 aromatic carbocycles. The van der Waals surface area contributed by atoms with Crippen LogP contribution < -0.4 is 10.6 Å². The maximum absolute atomic E-state index is 12.0. The third-order valence-corrected chi connectivity index (χ3v) is 3.95. The van der Waals surface area contributed by atoms with Gasteiger partial charge in [-0.2, -0.15) is 0 Å². The van der Waals surface area contributed by atoms with Gasteiger partial charge < -0.3 is 10.6 Å². The molecule has 2 amide bonds. The second kappa shape index (κ2) is 8.87. The normalized spacial score (nSPS) is 11.8. The molecule has 0 aliphatic carbocycles. The molecule has 24 heavy (non-hydrogen) atoms. The van der Waals surface area contributed by atoms with Crippen LogP contribution in [-0.2, 0) is 9.59 Å². The second-order valence-corrected chi connectivity index (χ2v) is 5.88. The summed E-state index contributed by atoms with van der Waals surface area (Å²) in [7, 11) is 0. The van der Waals surface area contributed by atoms with Gasteiger partial charge in [-0.1, -0.05) is 60.7 Å². The number of carbonyl (C=O) groups is 2. The largest absolute Gasteiger partial charge is 0.354 e. The van der Waals surface area contributed by atoms with Crippen molar-refractivity contribution in [2.75, 3.05) is 6.54 Å². The number of hydrogen-bond donors (Lipinski definition) is 2. The van der Waals surface area contributed by atoms with E-state index in [1.54, 1.807) is 6.92 Å². The molecular formula is C20H24N2O2. The first kappa shape index (κ1) is 17.7. The minimum Gasteiger partial charge on any atom is -0.354 e. The van der Waals surface area contributed by atoms with E-state index in [-0.39, 0.29) is 17.7 Å². The Hall–Kier alpha value is -2.62. The fraction of sp³-hybridized carbons (Fsp3) is 0.300. The number of carbonyl (C=O) groups excluding carboxylic acids is 2. The Balaban J connectivity index is 2.00. The van der Waals surface area contributed by atoms with Crippen molar-refractivity contribution in [2.24, 2.45) is 0 Å². The molecule has 0 saturated heterocycles. The van der Waals surface area contributed by atoms with Crippen LogP contribution in [0.4, 0.5) is 0 Å². The lowest BCUT2D eigenvalue weighted by Gasteiger charge is -2.19. The van der Waals surface area contributed by atoms with Crippen LogP contribution in [0.2, 0.25) is 0 Å². The van der Waals surface area contributed by atoms with Crippen molar-refractivity contribution in [3.8, 4) is 0 Å². The van der Waals surface area contributed by atoms with Crippen LogP contribution in [0.3, 0.4) is 0 Å². The highest BCUT2D eigenvalue weighted by molar-refractivity contribution is 5.86. The van der Waals surface area contributed by atoms with E-state index in [4.69, 9.17) is 0 Å². The number of hydrogen-bond acceptors (Lipinski definition) is 2. The third-order valence-electron chi connectivity index (χ3n) is 3.95. The van der Waals surface area contributed by atoms with Crippen LogP contribution in [0.5, 0.6) is 0 Å². The van der Waals surface area contributed by atoms with Gasteiger partial charge in [0.05, 0.1) is 0 Å². The molecule has 2 aromatic rings. The average molecular weight is 324 g/mol. The lowest BCUT2D eigenvalue weighted by atomic mass is 9.88. The Morgan fingerprint density at radius 2 is 1.42 bits per heavy atom. The van der Waals surface area contributed by atoms with E-state index in [0.29, 0.717) is 6.54 Å². The minimum absolute atomic E-state index is 0.162. The first-order valence-corrected chi connectivity index (χ1v) is 8.22. The zero-order chi connectivity index (χ0) is 17.4. The Labute approximate surface area is 143 Å². The van der Waals surface area contributed by atoms with E-state index in [1.807, 2.05) is 36.4 Å². The van der Waals surface area contributed by atoms with Crippen molar-refractivity contribution < 1.29 is 9.59 Å². The van der Waals surface area contributed by atoms with Gasteiger partial charge in [0.2, 0.25) is 11.8 Å². The zero-order valence-electron chi connectivity index (χ0n) is 14.2. The summed E-state index contributed by atoms with van der Waals surface area (Å²) >= 11 is 0. The van der Waals surface area contributed by atoms with E-state index >= 15 is 0 Å². The van der Waals surface area contributed by atoms with E-state index in [1.165, 1.54) is 18.1 Å². The Bertz CT molecular complexity index is 616. The van der Waals surface area contributed by atoms with Crippen molar-refractivity contribution >= 4 is 11.8 Å². The Morgan fingerprint density at radius 3 is 1.88 bits per heavy atom. The number of benzene rings is 2. The summed E-state index contributed by atoms with van der Waals surface area (Å²) in [6.07, 6.45) is 0.798. The van der Waals surface area contributed by atoms with Gasteiger partial charge in [-0.05, 0) is 24.5 Å². The molecule has 0 bridgehead atoms. The van der Waals surface area contributed by atoms with Gasteiger partial charge in [-0.15, -0.1) is 0 Å². The Kier molecular flexibility index (Phi) is 6.55. The summed E-state index contributed by atoms with van der Waals surface area (Å²) in [5, 5.41) is 5.50. The monoisotopic (exact) mass is 324 g/mol. The van der Waals surface area contributed by atoms with Gasteiger partial charge in [0.25, 0.3) is 0 Å². The number of amides is 2. The van der Waals surface area contributed by atoms with Crippen LogP contribution >= 0.6 is 0 Å². The SMILES string of the molecule is CC(=O)N[C@@H](C)C(=O)NCCC(c1ccccc1)c1ccccc1. The molecule has 0 unspecified atom stereocenters. The summed E-state index contributed by atoms with van der Waals surface area (Å²) < 4.78 is 0. The molecule has 0 heterocycles. The van der Waals surface area contributed by atoms with E-state index in [2.05, 4.69) is 34.9 Å². The van der Waals surface area contributed by atoms with E-state index in [9.17, 15) is 9.59 Å². The van der Waals surface area contributed by atoms with Gasteiger partial charge in [0, 0.05) is 19.4 Å². The first-order valence-electron chi connectivity index (χ1n) is 8.22. The number of rotatable bonds is 7. The van der Waals surface area contributed by atoms with Gasteiger partial charge >= 0.3 is 0 Å². The molecule has 2 N–H and O–H groups in total. The summed E-state index contributed by atoms with van der Waals surface area (Å²) in [6.45, 7) is 3.64. The Morgan fingerprint density at radius 1 is 0.917 bits per heavy atom. The fourth-order valence-corrected chi connectivity index (χ4v) is 2.76. The zero-order valence-corrected chi connectivity index (χ0v) is 14.2. The molecule has 4 nitrogen and oxygen atoms in total. The van der Waals surface area contributed by atoms with Crippen LogP contribution in [0.15, 0.2) is 60.7 Å². The van der Waals surface area contributed by atoms with Crippen LogP contribution in [0.25, 0.3) is 0 Å². The lowest BCUT2D eigenvalue weighted by Crippen LogP contribution is -2.44. The first-order chi connectivity index (χ1) is 11.6. The summed E-state index contributed by atoms with van der Waals surface area (Å²) in [5.74, 6) is -0.141. The van der Waals surface area contributed by atoms with Crippen LogP contribution in [0.1, 0.15) is 37.3 Å². The summed E-state index contributed by atoms with van der Waals surface area (Å²) in [4.78, 5) is 23.0. The fourth-order valence-electron chi connectivity index (χ4n) is 2.76. The highest BCUT2D eigenvalue weighted by Crippen LogP contribution is 2.27. The van der Waals surface area contributed by atoms with Gasteiger partial charge in [0.15, 0.2) is 0 Å². The molecule has 0 aromatic heterocycles. The van der Waals surface area contributed by atoms with Crippen LogP contribution in [-0.4, -0.2) is 24.4 Å².